The average Bonchev–Trinajstić information content (AvgIpc) is 2.69. The lowest BCUT2D eigenvalue weighted by Crippen LogP contribution is -2.25. The van der Waals surface area contributed by atoms with Crippen molar-refractivity contribution < 1.29 is 9.53 Å². The molecule has 2 N–H and O–H groups in total. The van der Waals surface area contributed by atoms with Gasteiger partial charge in [0.2, 0.25) is 0 Å². The number of carbonyl (C=O) groups excluding carboxylic acids is 1. The van der Waals surface area contributed by atoms with E-state index in [0.29, 0.717) is 12.3 Å². The van der Waals surface area contributed by atoms with Crippen molar-refractivity contribution in [2.45, 2.75) is 31.6 Å². The predicted octanol–water partition coefficient (Wildman–Crippen LogP) is 2.82. The van der Waals surface area contributed by atoms with Crippen LogP contribution in [0.25, 0.3) is 0 Å². The Bertz CT molecular complexity index is 344. The molecule has 0 aliphatic rings. The van der Waals surface area contributed by atoms with E-state index in [1.807, 2.05) is 32.2 Å². The minimum atomic E-state index is -0.418. The minimum Gasteiger partial charge on any atom is -0.459 e. The Labute approximate surface area is 111 Å². The molecule has 96 valence electrons. The smallest absolute Gasteiger partial charge is 0.316 e. The number of nitrogens with two attached hydrogens (primary N) is 1. The normalized spacial score (nSPS) is 13.4. The molecule has 17 heavy (non-hydrogen) atoms. The van der Waals surface area contributed by atoms with Crippen LogP contribution >= 0.6 is 23.1 Å². The molecule has 0 bridgehead atoms. The maximum atomic E-state index is 11.6. The Balaban J connectivity index is 2.41. The highest BCUT2D eigenvalue weighted by atomic mass is 32.2. The lowest BCUT2D eigenvalue weighted by Gasteiger charge is -2.20. The Morgan fingerprint density at radius 1 is 1.59 bits per heavy atom. The minimum absolute atomic E-state index is 0.175. The third-order valence-corrected chi connectivity index (χ3v) is 3.92. The van der Waals surface area contributed by atoms with E-state index in [2.05, 4.69) is 5.38 Å². The summed E-state index contributed by atoms with van der Waals surface area (Å²) in [6.45, 7) is 6.14. The Hall–Kier alpha value is -0.520. The number of thioether (sulfide) groups is 1. The molecule has 0 aromatic carbocycles. The summed E-state index contributed by atoms with van der Waals surface area (Å²) in [4.78, 5) is 11.6. The topological polar surface area (TPSA) is 52.3 Å². The van der Waals surface area contributed by atoms with Gasteiger partial charge in [0, 0.05) is 11.8 Å². The maximum absolute atomic E-state index is 11.6. The van der Waals surface area contributed by atoms with Crippen LogP contribution in [0.4, 0.5) is 0 Å². The van der Waals surface area contributed by atoms with Crippen LogP contribution in [0.2, 0.25) is 0 Å². The number of ether oxygens (including phenoxy) is 1. The van der Waals surface area contributed by atoms with Gasteiger partial charge in [-0.1, -0.05) is 0 Å². The molecule has 0 fully saturated rings. The molecule has 0 amide bonds. The van der Waals surface area contributed by atoms with E-state index in [0.717, 1.165) is 0 Å². The number of esters is 1. The predicted molar refractivity (Wildman–Crippen MR) is 74.4 cm³/mol. The average molecular weight is 273 g/mol. The molecule has 1 aromatic heterocycles. The number of thiophene rings is 1. The summed E-state index contributed by atoms with van der Waals surface area (Å²) < 4.78 is 5.25. The molecule has 1 unspecified atom stereocenters. The van der Waals surface area contributed by atoms with Gasteiger partial charge in [0.25, 0.3) is 0 Å². The van der Waals surface area contributed by atoms with Gasteiger partial charge in [-0.25, -0.2) is 0 Å². The SMILES string of the molecule is CC(C)(C)OC(=O)CSC(CN)c1ccsc1. The van der Waals surface area contributed by atoms with Gasteiger partial charge in [-0.2, -0.15) is 11.3 Å². The van der Waals surface area contributed by atoms with E-state index in [4.69, 9.17) is 10.5 Å². The number of hydrogen-bond acceptors (Lipinski definition) is 5. The fourth-order valence-electron chi connectivity index (χ4n) is 1.30. The van der Waals surface area contributed by atoms with Crippen LogP contribution in [-0.2, 0) is 9.53 Å². The highest BCUT2D eigenvalue weighted by molar-refractivity contribution is 8.00. The zero-order valence-electron chi connectivity index (χ0n) is 10.4. The second-order valence-corrected chi connectivity index (χ2v) is 6.65. The highest BCUT2D eigenvalue weighted by Gasteiger charge is 2.18. The van der Waals surface area contributed by atoms with Crippen LogP contribution in [0.15, 0.2) is 16.8 Å². The second kappa shape index (κ2) is 6.42. The van der Waals surface area contributed by atoms with Crippen molar-refractivity contribution in [3.05, 3.63) is 22.4 Å². The van der Waals surface area contributed by atoms with E-state index in [-0.39, 0.29) is 11.2 Å². The first-order valence-corrected chi connectivity index (χ1v) is 7.47. The molecule has 0 spiro atoms. The number of hydrogen-bond donors (Lipinski definition) is 1. The second-order valence-electron chi connectivity index (χ2n) is 4.68. The first kappa shape index (κ1) is 14.5. The maximum Gasteiger partial charge on any atom is 0.316 e. The van der Waals surface area contributed by atoms with E-state index >= 15 is 0 Å². The van der Waals surface area contributed by atoms with Crippen LogP contribution < -0.4 is 5.73 Å². The van der Waals surface area contributed by atoms with E-state index in [1.54, 1.807) is 11.3 Å². The van der Waals surface area contributed by atoms with Gasteiger partial charge in [0.1, 0.15) is 5.60 Å². The quantitative estimate of drug-likeness (QED) is 0.838. The lowest BCUT2D eigenvalue weighted by molar-refractivity contribution is -0.151. The van der Waals surface area contributed by atoms with Gasteiger partial charge in [0.05, 0.1) is 5.75 Å². The van der Waals surface area contributed by atoms with E-state index in [1.165, 1.54) is 17.3 Å². The zero-order chi connectivity index (χ0) is 12.9. The molecule has 0 aliphatic heterocycles. The van der Waals surface area contributed by atoms with Gasteiger partial charge < -0.3 is 10.5 Å². The lowest BCUT2D eigenvalue weighted by atomic mass is 10.2. The van der Waals surface area contributed by atoms with Gasteiger partial charge >= 0.3 is 5.97 Å². The first-order valence-electron chi connectivity index (χ1n) is 5.48. The monoisotopic (exact) mass is 273 g/mol. The van der Waals surface area contributed by atoms with E-state index < -0.39 is 5.60 Å². The first-order chi connectivity index (χ1) is 7.92. The fraction of sp³-hybridized carbons (Fsp3) is 0.583. The molecule has 3 nitrogen and oxygen atoms in total. The summed E-state index contributed by atoms with van der Waals surface area (Å²) in [5.74, 6) is 0.158. The number of carbonyl (C=O) groups is 1. The van der Waals surface area contributed by atoms with Crippen molar-refractivity contribution in [1.29, 1.82) is 0 Å². The fourth-order valence-corrected chi connectivity index (χ4v) is 2.97. The third-order valence-electron chi connectivity index (χ3n) is 1.95. The molecular formula is C12H19NO2S2. The summed E-state index contributed by atoms with van der Waals surface area (Å²) >= 11 is 3.18. The Morgan fingerprint density at radius 2 is 2.29 bits per heavy atom. The highest BCUT2D eigenvalue weighted by Crippen LogP contribution is 2.29. The van der Waals surface area contributed by atoms with Gasteiger partial charge in [-0.05, 0) is 43.2 Å². The van der Waals surface area contributed by atoms with Crippen molar-refractivity contribution >= 4 is 29.1 Å². The standard InChI is InChI=1S/C12H19NO2S2/c1-12(2,3)15-11(14)8-17-10(6-13)9-4-5-16-7-9/h4-5,7,10H,6,8,13H2,1-3H3. The van der Waals surface area contributed by atoms with Crippen molar-refractivity contribution in [2.24, 2.45) is 5.73 Å². The summed E-state index contributed by atoms with van der Waals surface area (Å²) in [5, 5.41) is 4.26. The zero-order valence-corrected chi connectivity index (χ0v) is 12.1. The van der Waals surface area contributed by atoms with Crippen LogP contribution in [0, 0.1) is 0 Å². The van der Waals surface area contributed by atoms with Crippen LogP contribution in [0.1, 0.15) is 31.6 Å². The molecule has 0 saturated heterocycles. The van der Waals surface area contributed by atoms with Crippen molar-refractivity contribution in [1.82, 2.24) is 0 Å². The Kier molecular flexibility index (Phi) is 5.49. The van der Waals surface area contributed by atoms with Gasteiger partial charge in [-0.3, -0.25) is 4.79 Å². The van der Waals surface area contributed by atoms with Crippen LogP contribution in [0.5, 0.6) is 0 Å². The molecule has 1 aromatic rings. The summed E-state index contributed by atoms with van der Waals surface area (Å²) in [5.41, 5.74) is 6.48. The summed E-state index contributed by atoms with van der Waals surface area (Å²) in [6, 6.07) is 2.05. The van der Waals surface area contributed by atoms with E-state index in [9.17, 15) is 4.79 Å². The van der Waals surface area contributed by atoms with Crippen LogP contribution in [0.3, 0.4) is 0 Å². The molecule has 0 radical (unpaired) electrons. The molecule has 1 rings (SSSR count). The Morgan fingerprint density at radius 3 is 2.76 bits per heavy atom. The summed E-state index contributed by atoms with van der Waals surface area (Å²) in [7, 11) is 0. The van der Waals surface area contributed by atoms with Crippen LogP contribution in [-0.4, -0.2) is 23.9 Å². The summed E-state index contributed by atoms with van der Waals surface area (Å²) in [6.07, 6.45) is 0. The van der Waals surface area contributed by atoms with Crippen molar-refractivity contribution in [3.8, 4) is 0 Å². The molecular weight excluding hydrogens is 254 g/mol. The van der Waals surface area contributed by atoms with Crippen molar-refractivity contribution in [2.75, 3.05) is 12.3 Å². The number of rotatable bonds is 5. The third kappa shape index (κ3) is 5.57. The van der Waals surface area contributed by atoms with Gasteiger partial charge in [-0.15, -0.1) is 11.8 Å². The molecule has 1 heterocycles. The molecule has 0 aliphatic carbocycles. The molecule has 5 heteroatoms. The molecule has 1 atom stereocenters. The van der Waals surface area contributed by atoms with Gasteiger partial charge in [0.15, 0.2) is 0 Å². The largest absolute Gasteiger partial charge is 0.459 e. The van der Waals surface area contributed by atoms with Crippen molar-refractivity contribution in [3.63, 3.8) is 0 Å². The molecule has 0 saturated carbocycles.